The largest absolute Gasteiger partial charge is 0.480 e. The third kappa shape index (κ3) is 3.80. The molecule has 2 amide bonds. The maximum absolute atomic E-state index is 11.7. The predicted octanol–water partition coefficient (Wildman–Crippen LogP) is 1.29. The lowest BCUT2D eigenvalue weighted by atomic mass is 9.96. The van der Waals surface area contributed by atoms with Crippen LogP contribution in [0.3, 0.4) is 0 Å². The SMILES string of the molecule is CSCC(C)NC(=O)NC(C)(C(=O)O)C1CC1. The van der Waals surface area contributed by atoms with Crippen LogP contribution in [0.2, 0.25) is 0 Å². The highest BCUT2D eigenvalue weighted by atomic mass is 32.2. The summed E-state index contributed by atoms with van der Waals surface area (Å²) in [5.41, 5.74) is -1.14. The van der Waals surface area contributed by atoms with Crippen molar-refractivity contribution in [1.82, 2.24) is 10.6 Å². The lowest BCUT2D eigenvalue weighted by Gasteiger charge is -2.27. The molecule has 0 aromatic carbocycles. The molecular weight excluding hydrogens is 240 g/mol. The molecule has 98 valence electrons. The average Bonchev–Trinajstić information content (AvgIpc) is 2.99. The minimum Gasteiger partial charge on any atom is -0.480 e. The zero-order valence-corrected chi connectivity index (χ0v) is 11.3. The van der Waals surface area contributed by atoms with E-state index in [2.05, 4.69) is 10.6 Å². The molecule has 1 aliphatic carbocycles. The van der Waals surface area contributed by atoms with E-state index in [1.165, 1.54) is 0 Å². The molecular formula is C11H20N2O3S. The number of rotatable bonds is 6. The smallest absolute Gasteiger partial charge is 0.329 e. The summed E-state index contributed by atoms with van der Waals surface area (Å²) in [4.78, 5) is 22.9. The fourth-order valence-electron chi connectivity index (χ4n) is 1.78. The zero-order chi connectivity index (χ0) is 13.1. The topological polar surface area (TPSA) is 78.4 Å². The number of nitrogens with one attached hydrogen (secondary N) is 2. The summed E-state index contributed by atoms with van der Waals surface area (Å²) in [5, 5.41) is 14.5. The van der Waals surface area contributed by atoms with Gasteiger partial charge in [0.25, 0.3) is 0 Å². The van der Waals surface area contributed by atoms with Crippen LogP contribution in [0, 0.1) is 5.92 Å². The number of carbonyl (C=O) groups is 2. The van der Waals surface area contributed by atoms with Crippen molar-refractivity contribution in [2.75, 3.05) is 12.0 Å². The Balaban J connectivity index is 2.50. The highest BCUT2D eigenvalue weighted by Gasteiger charge is 2.48. The van der Waals surface area contributed by atoms with E-state index in [1.54, 1.807) is 18.7 Å². The van der Waals surface area contributed by atoms with Crippen molar-refractivity contribution in [3.63, 3.8) is 0 Å². The Kier molecular flexibility index (Phi) is 4.68. The Morgan fingerprint density at radius 3 is 2.53 bits per heavy atom. The zero-order valence-electron chi connectivity index (χ0n) is 10.4. The third-order valence-corrected chi connectivity index (χ3v) is 3.84. The lowest BCUT2D eigenvalue weighted by Crippen LogP contribution is -2.58. The summed E-state index contributed by atoms with van der Waals surface area (Å²) >= 11 is 1.64. The Hall–Kier alpha value is -0.910. The van der Waals surface area contributed by atoms with Crippen molar-refractivity contribution in [2.45, 2.75) is 38.3 Å². The van der Waals surface area contributed by atoms with E-state index < -0.39 is 17.5 Å². The van der Waals surface area contributed by atoms with Gasteiger partial charge >= 0.3 is 12.0 Å². The van der Waals surface area contributed by atoms with Gasteiger partial charge in [-0.1, -0.05) is 0 Å². The molecule has 3 N–H and O–H groups in total. The second-order valence-electron chi connectivity index (χ2n) is 4.74. The molecule has 0 aliphatic heterocycles. The first-order valence-electron chi connectivity index (χ1n) is 5.71. The molecule has 2 atom stereocenters. The normalized spacial score (nSPS) is 20.2. The molecule has 0 bridgehead atoms. The van der Waals surface area contributed by atoms with Gasteiger partial charge < -0.3 is 15.7 Å². The van der Waals surface area contributed by atoms with Gasteiger partial charge in [0.05, 0.1) is 0 Å². The standard InChI is InChI=1S/C11H20N2O3S/c1-7(6-17-3)12-10(16)13-11(2,9(14)15)8-4-5-8/h7-8H,4-6H2,1-3H3,(H,14,15)(H2,12,13,16). The van der Waals surface area contributed by atoms with Gasteiger partial charge in [-0.3, -0.25) is 0 Å². The molecule has 0 saturated heterocycles. The lowest BCUT2D eigenvalue weighted by molar-refractivity contribution is -0.144. The summed E-state index contributed by atoms with van der Waals surface area (Å²) in [6, 6.07) is -0.370. The van der Waals surface area contributed by atoms with Gasteiger partial charge in [-0.05, 0) is 38.9 Å². The molecule has 0 heterocycles. The second kappa shape index (κ2) is 5.62. The van der Waals surface area contributed by atoms with Crippen molar-refractivity contribution in [3.8, 4) is 0 Å². The fraction of sp³-hybridized carbons (Fsp3) is 0.818. The van der Waals surface area contributed by atoms with Gasteiger partial charge in [0.1, 0.15) is 5.54 Å². The van der Waals surface area contributed by atoms with Crippen molar-refractivity contribution in [1.29, 1.82) is 0 Å². The molecule has 1 aliphatic rings. The van der Waals surface area contributed by atoms with Gasteiger partial charge in [-0.2, -0.15) is 11.8 Å². The van der Waals surface area contributed by atoms with Crippen LogP contribution in [0.1, 0.15) is 26.7 Å². The van der Waals surface area contributed by atoms with Crippen molar-refractivity contribution >= 4 is 23.8 Å². The van der Waals surface area contributed by atoms with Crippen LogP contribution in [0.5, 0.6) is 0 Å². The highest BCUT2D eigenvalue weighted by Crippen LogP contribution is 2.39. The number of amides is 2. The van der Waals surface area contributed by atoms with E-state index in [1.807, 2.05) is 13.2 Å². The van der Waals surface area contributed by atoms with Crippen LogP contribution in [0.15, 0.2) is 0 Å². The average molecular weight is 260 g/mol. The minimum atomic E-state index is -1.14. The summed E-state index contributed by atoms with van der Waals surface area (Å²) < 4.78 is 0. The highest BCUT2D eigenvalue weighted by molar-refractivity contribution is 7.98. The van der Waals surface area contributed by atoms with Crippen LogP contribution in [0.25, 0.3) is 0 Å². The van der Waals surface area contributed by atoms with Crippen LogP contribution in [-0.2, 0) is 4.79 Å². The van der Waals surface area contributed by atoms with E-state index in [9.17, 15) is 14.7 Å². The molecule has 17 heavy (non-hydrogen) atoms. The Morgan fingerprint density at radius 2 is 2.12 bits per heavy atom. The van der Waals surface area contributed by atoms with Crippen LogP contribution in [0.4, 0.5) is 4.79 Å². The van der Waals surface area contributed by atoms with E-state index in [4.69, 9.17) is 0 Å². The molecule has 1 saturated carbocycles. The van der Waals surface area contributed by atoms with Gasteiger partial charge in [0.2, 0.25) is 0 Å². The molecule has 5 nitrogen and oxygen atoms in total. The number of aliphatic carboxylic acids is 1. The molecule has 0 radical (unpaired) electrons. The van der Waals surface area contributed by atoms with Gasteiger partial charge in [0, 0.05) is 11.8 Å². The Labute approximate surface area is 106 Å². The Bertz CT molecular complexity index is 307. The van der Waals surface area contributed by atoms with Crippen LogP contribution < -0.4 is 10.6 Å². The van der Waals surface area contributed by atoms with Crippen LogP contribution >= 0.6 is 11.8 Å². The first-order valence-corrected chi connectivity index (χ1v) is 7.10. The number of carboxylic acid groups (broad SMARTS) is 1. The van der Waals surface area contributed by atoms with Gasteiger partial charge in [-0.15, -0.1) is 0 Å². The summed E-state index contributed by atoms with van der Waals surface area (Å²) in [7, 11) is 0. The van der Waals surface area contributed by atoms with E-state index in [0.29, 0.717) is 0 Å². The van der Waals surface area contributed by atoms with E-state index in [0.717, 1.165) is 18.6 Å². The van der Waals surface area contributed by atoms with Crippen molar-refractivity contribution < 1.29 is 14.7 Å². The second-order valence-corrected chi connectivity index (χ2v) is 5.65. The molecule has 0 aromatic heterocycles. The van der Waals surface area contributed by atoms with E-state index >= 15 is 0 Å². The molecule has 6 heteroatoms. The molecule has 1 rings (SSSR count). The maximum Gasteiger partial charge on any atom is 0.329 e. The number of hydrogen-bond acceptors (Lipinski definition) is 3. The van der Waals surface area contributed by atoms with Crippen molar-refractivity contribution in [3.05, 3.63) is 0 Å². The number of thioether (sulfide) groups is 1. The molecule has 0 spiro atoms. The van der Waals surface area contributed by atoms with Crippen LogP contribution in [-0.4, -0.2) is 40.7 Å². The van der Waals surface area contributed by atoms with Gasteiger partial charge in [-0.25, -0.2) is 9.59 Å². The first-order chi connectivity index (χ1) is 7.90. The van der Waals surface area contributed by atoms with Crippen molar-refractivity contribution in [2.24, 2.45) is 5.92 Å². The van der Waals surface area contributed by atoms with Gasteiger partial charge in [0.15, 0.2) is 0 Å². The third-order valence-electron chi connectivity index (χ3n) is 3.01. The fourth-order valence-corrected chi connectivity index (χ4v) is 2.36. The number of carbonyl (C=O) groups excluding carboxylic acids is 1. The molecule has 2 unspecified atom stereocenters. The monoisotopic (exact) mass is 260 g/mol. The summed E-state index contributed by atoms with van der Waals surface area (Å²) in [6.45, 7) is 3.47. The minimum absolute atomic E-state index is 0.0299. The maximum atomic E-state index is 11.7. The summed E-state index contributed by atoms with van der Waals surface area (Å²) in [5.74, 6) is -0.102. The molecule has 0 aromatic rings. The quantitative estimate of drug-likeness (QED) is 0.672. The summed E-state index contributed by atoms with van der Waals surface area (Å²) in [6.07, 6.45) is 3.69. The number of hydrogen-bond donors (Lipinski definition) is 3. The number of urea groups is 1. The Morgan fingerprint density at radius 1 is 1.53 bits per heavy atom. The first kappa shape index (κ1) is 14.2. The van der Waals surface area contributed by atoms with E-state index in [-0.39, 0.29) is 12.0 Å². The molecule has 1 fully saturated rings. The predicted molar refractivity (Wildman–Crippen MR) is 68.3 cm³/mol. The number of carboxylic acids is 1.